The van der Waals surface area contributed by atoms with Crippen molar-refractivity contribution in [1.29, 1.82) is 0 Å². The molecule has 0 bridgehead atoms. The third kappa shape index (κ3) is 5.59. The molecule has 0 unspecified atom stereocenters. The molecule has 1 heterocycles. The molecule has 1 N–H and O–H groups in total. The standard InChI is InChI=1S/C27H26N2O3S/c1-3-4-18-32-23-16-12-21(13-17-23)26(30)29-27-28-24(19-10-14-22(31-2)15-11-19)25(33-27)20-8-6-5-7-9-20/h5-17H,3-4,18H2,1-2H3,(H,28,29,30). The first-order chi connectivity index (χ1) is 16.2. The van der Waals surface area contributed by atoms with Crippen molar-refractivity contribution >= 4 is 22.4 Å². The molecule has 1 aromatic heterocycles. The number of benzene rings is 3. The van der Waals surface area contributed by atoms with Crippen molar-refractivity contribution in [2.24, 2.45) is 0 Å². The van der Waals surface area contributed by atoms with Crippen molar-refractivity contribution in [3.8, 4) is 33.2 Å². The van der Waals surface area contributed by atoms with Crippen molar-refractivity contribution in [2.75, 3.05) is 19.0 Å². The van der Waals surface area contributed by atoms with E-state index in [1.807, 2.05) is 66.7 Å². The van der Waals surface area contributed by atoms with Gasteiger partial charge in [0.05, 0.1) is 24.3 Å². The van der Waals surface area contributed by atoms with Gasteiger partial charge in [-0.3, -0.25) is 10.1 Å². The van der Waals surface area contributed by atoms with Gasteiger partial charge in [0.2, 0.25) is 0 Å². The van der Waals surface area contributed by atoms with Crippen molar-refractivity contribution in [2.45, 2.75) is 19.8 Å². The molecule has 6 heteroatoms. The first-order valence-electron chi connectivity index (χ1n) is 10.9. The molecule has 0 radical (unpaired) electrons. The van der Waals surface area contributed by atoms with E-state index in [-0.39, 0.29) is 5.91 Å². The van der Waals surface area contributed by atoms with Crippen molar-refractivity contribution in [3.05, 3.63) is 84.4 Å². The molecular formula is C27H26N2O3S. The van der Waals surface area contributed by atoms with Gasteiger partial charge in [0.1, 0.15) is 11.5 Å². The third-order valence-electron chi connectivity index (χ3n) is 5.13. The topological polar surface area (TPSA) is 60.5 Å². The summed E-state index contributed by atoms with van der Waals surface area (Å²) in [6.07, 6.45) is 2.09. The Labute approximate surface area is 198 Å². The second-order valence-corrected chi connectivity index (χ2v) is 8.47. The number of aromatic nitrogens is 1. The number of rotatable bonds is 9. The van der Waals surface area contributed by atoms with E-state index in [0.717, 1.165) is 46.0 Å². The van der Waals surface area contributed by atoms with Gasteiger partial charge in [0, 0.05) is 11.1 Å². The number of carbonyl (C=O) groups excluding carboxylic acids is 1. The molecule has 0 saturated heterocycles. The minimum Gasteiger partial charge on any atom is -0.497 e. The Balaban J connectivity index is 1.57. The summed E-state index contributed by atoms with van der Waals surface area (Å²) in [6, 6.07) is 25.0. The molecule has 1 amide bonds. The van der Waals surface area contributed by atoms with Gasteiger partial charge in [-0.05, 0) is 60.5 Å². The Kier molecular flexibility index (Phi) is 7.37. The maximum atomic E-state index is 12.9. The average molecular weight is 459 g/mol. The number of hydrogen-bond donors (Lipinski definition) is 1. The van der Waals surface area contributed by atoms with E-state index in [1.165, 1.54) is 11.3 Å². The van der Waals surface area contributed by atoms with Gasteiger partial charge >= 0.3 is 0 Å². The molecule has 0 aliphatic carbocycles. The van der Waals surface area contributed by atoms with Crippen molar-refractivity contribution in [1.82, 2.24) is 4.98 Å². The lowest BCUT2D eigenvalue weighted by atomic mass is 10.1. The number of nitrogens with zero attached hydrogens (tertiary/aromatic N) is 1. The molecule has 168 valence electrons. The molecule has 33 heavy (non-hydrogen) atoms. The fourth-order valence-electron chi connectivity index (χ4n) is 3.31. The van der Waals surface area contributed by atoms with Gasteiger partial charge < -0.3 is 9.47 Å². The second-order valence-electron chi connectivity index (χ2n) is 7.47. The maximum Gasteiger partial charge on any atom is 0.257 e. The maximum absolute atomic E-state index is 12.9. The van der Waals surface area contributed by atoms with Crippen LogP contribution in [0.1, 0.15) is 30.1 Å². The predicted octanol–water partition coefficient (Wildman–Crippen LogP) is 6.92. The Morgan fingerprint density at radius 1 is 0.909 bits per heavy atom. The van der Waals surface area contributed by atoms with E-state index in [9.17, 15) is 4.79 Å². The first kappa shape index (κ1) is 22.6. The van der Waals surface area contributed by atoms with Gasteiger partial charge in [-0.15, -0.1) is 0 Å². The fraction of sp³-hybridized carbons (Fsp3) is 0.185. The fourth-order valence-corrected chi connectivity index (χ4v) is 4.30. The van der Waals surface area contributed by atoms with Gasteiger partial charge in [-0.25, -0.2) is 4.98 Å². The Bertz CT molecular complexity index is 1190. The predicted molar refractivity (Wildman–Crippen MR) is 134 cm³/mol. The van der Waals surface area contributed by atoms with Gasteiger partial charge in [-0.1, -0.05) is 55.0 Å². The van der Waals surface area contributed by atoms with Gasteiger partial charge in [0.25, 0.3) is 5.91 Å². The summed E-state index contributed by atoms with van der Waals surface area (Å²) in [5.41, 5.74) is 3.39. The number of ether oxygens (including phenoxy) is 2. The van der Waals surface area contributed by atoms with E-state index >= 15 is 0 Å². The molecule has 0 atom stereocenters. The SMILES string of the molecule is CCCCOc1ccc(C(=O)Nc2nc(-c3ccc(OC)cc3)c(-c3ccccc3)s2)cc1. The average Bonchev–Trinajstić information content (AvgIpc) is 3.29. The quantitative estimate of drug-likeness (QED) is 0.277. The summed E-state index contributed by atoms with van der Waals surface area (Å²) >= 11 is 1.46. The van der Waals surface area contributed by atoms with E-state index < -0.39 is 0 Å². The minimum atomic E-state index is -0.204. The van der Waals surface area contributed by atoms with Crippen LogP contribution in [0, 0.1) is 0 Å². The molecule has 3 aromatic carbocycles. The number of unbranched alkanes of at least 4 members (excludes halogenated alkanes) is 1. The number of nitrogens with one attached hydrogen (secondary N) is 1. The largest absolute Gasteiger partial charge is 0.497 e. The van der Waals surface area contributed by atoms with Crippen LogP contribution >= 0.6 is 11.3 Å². The minimum absolute atomic E-state index is 0.204. The van der Waals surface area contributed by atoms with Crippen LogP contribution in [-0.4, -0.2) is 24.6 Å². The Morgan fingerprint density at radius 2 is 1.61 bits per heavy atom. The summed E-state index contributed by atoms with van der Waals surface area (Å²) in [7, 11) is 1.64. The summed E-state index contributed by atoms with van der Waals surface area (Å²) in [6.45, 7) is 2.80. The highest BCUT2D eigenvalue weighted by Gasteiger charge is 2.17. The number of carbonyl (C=O) groups is 1. The van der Waals surface area contributed by atoms with Crippen LogP contribution in [0.2, 0.25) is 0 Å². The highest BCUT2D eigenvalue weighted by atomic mass is 32.1. The zero-order valence-electron chi connectivity index (χ0n) is 18.7. The smallest absolute Gasteiger partial charge is 0.257 e. The van der Waals surface area contributed by atoms with E-state index in [2.05, 4.69) is 12.2 Å². The number of methoxy groups -OCH3 is 1. The van der Waals surface area contributed by atoms with E-state index in [4.69, 9.17) is 14.5 Å². The van der Waals surface area contributed by atoms with Crippen LogP contribution in [-0.2, 0) is 0 Å². The Hall–Kier alpha value is -3.64. The number of thiazole rings is 1. The van der Waals surface area contributed by atoms with Crippen LogP contribution in [0.4, 0.5) is 5.13 Å². The second kappa shape index (κ2) is 10.8. The zero-order chi connectivity index (χ0) is 23.0. The Morgan fingerprint density at radius 3 is 2.27 bits per heavy atom. The molecule has 0 fully saturated rings. The lowest BCUT2D eigenvalue weighted by Crippen LogP contribution is -2.11. The third-order valence-corrected chi connectivity index (χ3v) is 6.15. The molecule has 0 aliphatic heterocycles. The summed E-state index contributed by atoms with van der Waals surface area (Å²) in [5, 5.41) is 3.50. The molecule has 5 nitrogen and oxygen atoms in total. The molecule has 0 aliphatic rings. The van der Waals surface area contributed by atoms with Gasteiger partial charge in [-0.2, -0.15) is 0 Å². The lowest BCUT2D eigenvalue weighted by Gasteiger charge is -2.06. The zero-order valence-corrected chi connectivity index (χ0v) is 19.5. The molecule has 4 aromatic rings. The number of hydrogen-bond acceptors (Lipinski definition) is 5. The molecule has 0 spiro atoms. The van der Waals surface area contributed by atoms with Crippen LogP contribution in [0.25, 0.3) is 21.7 Å². The number of anilines is 1. The number of amides is 1. The van der Waals surface area contributed by atoms with Crippen LogP contribution in [0.5, 0.6) is 11.5 Å². The highest BCUT2D eigenvalue weighted by molar-refractivity contribution is 7.19. The summed E-state index contributed by atoms with van der Waals surface area (Å²) < 4.78 is 11.0. The molecule has 4 rings (SSSR count). The molecular weight excluding hydrogens is 432 g/mol. The van der Waals surface area contributed by atoms with Crippen LogP contribution < -0.4 is 14.8 Å². The summed E-state index contributed by atoms with van der Waals surface area (Å²) in [4.78, 5) is 18.6. The van der Waals surface area contributed by atoms with Crippen LogP contribution in [0.15, 0.2) is 78.9 Å². The van der Waals surface area contributed by atoms with Gasteiger partial charge in [0.15, 0.2) is 5.13 Å². The summed E-state index contributed by atoms with van der Waals surface area (Å²) in [5.74, 6) is 1.35. The lowest BCUT2D eigenvalue weighted by molar-refractivity contribution is 0.102. The van der Waals surface area contributed by atoms with E-state index in [0.29, 0.717) is 17.3 Å². The van der Waals surface area contributed by atoms with Crippen molar-refractivity contribution in [3.63, 3.8) is 0 Å². The van der Waals surface area contributed by atoms with Crippen molar-refractivity contribution < 1.29 is 14.3 Å². The monoisotopic (exact) mass is 458 g/mol. The van der Waals surface area contributed by atoms with E-state index in [1.54, 1.807) is 19.2 Å². The first-order valence-corrected chi connectivity index (χ1v) is 11.7. The molecule has 0 saturated carbocycles. The highest BCUT2D eigenvalue weighted by Crippen LogP contribution is 2.39. The van der Waals surface area contributed by atoms with Crippen LogP contribution in [0.3, 0.4) is 0 Å². The normalized spacial score (nSPS) is 10.6.